The predicted molar refractivity (Wildman–Crippen MR) is 147 cm³/mol. The lowest BCUT2D eigenvalue weighted by molar-refractivity contribution is -0.143. The summed E-state index contributed by atoms with van der Waals surface area (Å²) in [4.78, 5) is 32.1. The van der Waals surface area contributed by atoms with Gasteiger partial charge in [0.25, 0.3) is 5.91 Å². The van der Waals surface area contributed by atoms with Crippen LogP contribution in [0, 0.1) is 0 Å². The summed E-state index contributed by atoms with van der Waals surface area (Å²) in [6, 6.07) is 17.9. The Morgan fingerprint density at radius 2 is 1.82 bits per heavy atom. The van der Waals surface area contributed by atoms with E-state index in [1.165, 1.54) is 0 Å². The first-order chi connectivity index (χ1) is 18.6. The van der Waals surface area contributed by atoms with Crippen LogP contribution in [-0.4, -0.2) is 49.3 Å². The van der Waals surface area contributed by atoms with E-state index in [4.69, 9.17) is 9.84 Å². The fraction of sp³-hybridized carbons (Fsp3) is 0.310. The van der Waals surface area contributed by atoms with Gasteiger partial charge in [-0.25, -0.2) is 4.98 Å². The third-order valence-corrected chi connectivity index (χ3v) is 7.23. The second kappa shape index (κ2) is 11.8. The number of hydrogen-bond acceptors (Lipinski definition) is 5. The lowest BCUT2D eigenvalue weighted by Gasteiger charge is -2.26. The van der Waals surface area contributed by atoms with Crippen LogP contribution in [0.5, 0.6) is 0 Å². The second-order valence-corrected chi connectivity index (χ2v) is 10.1. The summed E-state index contributed by atoms with van der Waals surface area (Å²) in [7, 11) is 0. The van der Waals surface area contributed by atoms with E-state index < -0.39 is 0 Å². The van der Waals surface area contributed by atoms with Crippen LogP contribution in [0.4, 0.5) is 0 Å². The van der Waals surface area contributed by atoms with Crippen molar-refractivity contribution < 1.29 is 14.3 Å². The lowest BCUT2D eigenvalue weighted by atomic mass is 9.96. The van der Waals surface area contributed by atoms with Gasteiger partial charge in [0.15, 0.2) is 0 Å². The molecule has 4 aromatic rings. The van der Waals surface area contributed by atoms with E-state index in [1.807, 2.05) is 58.1 Å². The molecule has 0 fully saturated rings. The molecule has 2 aromatic heterocycles. The first kappa shape index (κ1) is 25.9. The van der Waals surface area contributed by atoms with Gasteiger partial charge in [0.1, 0.15) is 5.69 Å². The summed E-state index contributed by atoms with van der Waals surface area (Å²) in [6.45, 7) is 3.96. The van der Waals surface area contributed by atoms with Gasteiger partial charge >= 0.3 is 5.97 Å². The molecule has 38 heavy (non-hydrogen) atoms. The first-order valence-corrected chi connectivity index (χ1v) is 13.7. The van der Waals surface area contributed by atoms with Crippen molar-refractivity contribution in [1.29, 1.82) is 0 Å². The quantitative estimate of drug-likeness (QED) is 0.221. The highest BCUT2D eigenvalue weighted by molar-refractivity contribution is 9.10. The number of ether oxygens (including phenoxy) is 1. The Kier molecular flexibility index (Phi) is 8.03. The van der Waals surface area contributed by atoms with E-state index in [0.717, 1.165) is 39.8 Å². The Bertz CT molecular complexity index is 1380. The summed E-state index contributed by atoms with van der Waals surface area (Å²) in [5, 5.41) is 4.94. The molecule has 8 nitrogen and oxygen atoms in total. The Morgan fingerprint density at radius 3 is 2.53 bits per heavy atom. The average molecular weight is 576 g/mol. The van der Waals surface area contributed by atoms with Crippen molar-refractivity contribution in [2.24, 2.45) is 0 Å². The molecule has 0 aliphatic carbocycles. The number of benzene rings is 2. The summed E-state index contributed by atoms with van der Waals surface area (Å²) in [5.41, 5.74) is 4.31. The zero-order chi connectivity index (χ0) is 26.5. The largest absolute Gasteiger partial charge is 0.466 e. The molecule has 1 aliphatic heterocycles. The molecule has 9 heteroatoms. The minimum absolute atomic E-state index is 0.0376. The van der Waals surface area contributed by atoms with Gasteiger partial charge in [0.2, 0.25) is 0 Å². The summed E-state index contributed by atoms with van der Waals surface area (Å²) in [6.07, 6.45) is 7.10. The van der Waals surface area contributed by atoms with Crippen molar-refractivity contribution in [3.05, 3.63) is 94.6 Å². The van der Waals surface area contributed by atoms with Crippen molar-refractivity contribution in [1.82, 2.24) is 24.2 Å². The van der Waals surface area contributed by atoms with Crippen molar-refractivity contribution >= 4 is 27.8 Å². The number of halogens is 1. The van der Waals surface area contributed by atoms with Crippen LogP contribution in [0.1, 0.15) is 53.8 Å². The number of aromatic nitrogens is 4. The molecule has 0 saturated carbocycles. The van der Waals surface area contributed by atoms with Crippen LogP contribution < -0.4 is 0 Å². The second-order valence-electron chi connectivity index (χ2n) is 9.22. The number of esters is 1. The highest BCUT2D eigenvalue weighted by Crippen LogP contribution is 2.44. The number of carbonyl (C=O) groups excluding carboxylic acids is 2. The van der Waals surface area contributed by atoms with Crippen LogP contribution in [0.25, 0.3) is 11.3 Å². The van der Waals surface area contributed by atoms with Gasteiger partial charge in [0, 0.05) is 54.0 Å². The van der Waals surface area contributed by atoms with Crippen LogP contribution in [0.15, 0.2) is 77.8 Å². The molecule has 1 amide bonds. The number of rotatable bonds is 11. The van der Waals surface area contributed by atoms with Gasteiger partial charge in [-0.1, -0.05) is 58.4 Å². The SMILES string of the molecule is CCOC(=O)CCCn1nc(-c2ccccc2)c2c1C(=O)N(CCCn1ccnc1)C2c1ccc(Br)cc1. The van der Waals surface area contributed by atoms with E-state index in [9.17, 15) is 9.59 Å². The maximum absolute atomic E-state index is 14.0. The molecule has 0 saturated heterocycles. The molecule has 5 rings (SSSR count). The number of carbonyl (C=O) groups is 2. The Hall–Kier alpha value is -3.72. The van der Waals surface area contributed by atoms with E-state index >= 15 is 0 Å². The van der Waals surface area contributed by atoms with Gasteiger partial charge in [-0.3, -0.25) is 14.3 Å². The monoisotopic (exact) mass is 575 g/mol. The fourth-order valence-corrected chi connectivity index (χ4v) is 5.28. The topological polar surface area (TPSA) is 82.3 Å². The molecule has 0 radical (unpaired) electrons. The standard InChI is InChI=1S/C29H30BrN5O3/c1-2-38-24(36)10-6-18-35-28-25(26(32-35)21-8-4-3-5-9-21)27(22-11-13-23(30)14-12-22)34(29(28)37)17-7-16-33-19-15-31-20-33/h3-5,8-9,11-15,19-20,27H,2,6-7,10,16-18H2,1H3. The van der Waals surface area contributed by atoms with Crippen LogP contribution in [-0.2, 0) is 22.6 Å². The predicted octanol–water partition coefficient (Wildman–Crippen LogP) is 5.49. The number of hydrogen-bond donors (Lipinski definition) is 0. The molecule has 1 atom stereocenters. The van der Waals surface area contributed by atoms with Crippen molar-refractivity contribution in [2.75, 3.05) is 13.2 Å². The molecule has 0 spiro atoms. The average Bonchev–Trinajstić information content (AvgIpc) is 3.64. The minimum atomic E-state index is -0.262. The Labute approximate surface area is 230 Å². The fourth-order valence-electron chi connectivity index (χ4n) is 5.01. The maximum atomic E-state index is 14.0. The normalized spacial score (nSPS) is 14.6. The highest BCUT2D eigenvalue weighted by atomic mass is 79.9. The molecular formula is C29H30BrN5O3. The van der Waals surface area contributed by atoms with Crippen LogP contribution in [0.3, 0.4) is 0 Å². The molecular weight excluding hydrogens is 546 g/mol. The molecule has 2 aromatic carbocycles. The molecule has 1 aliphatic rings. The van der Waals surface area contributed by atoms with E-state index in [-0.39, 0.29) is 24.3 Å². The molecule has 0 bridgehead atoms. The molecule has 1 unspecified atom stereocenters. The third-order valence-electron chi connectivity index (χ3n) is 6.70. The lowest BCUT2D eigenvalue weighted by Crippen LogP contribution is -2.32. The Balaban J connectivity index is 1.53. The summed E-state index contributed by atoms with van der Waals surface area (Å²) >= 11 is 3.54. The molecule has 0 N–H and O–H groups in total. The van der Waals surface area contributed by atoms with Crippen molar-refractivity contribution in [2.45, 2.75) is 45.3 Å². The van der Waals surface area contributed by atoms with Crippen molar-refractivity contribution in [3.63, 3.8) is 0 Å². The molecule has 196 valence electrons. The number of amides is 1. The third kappa shape index (κ3) is 5.43. The zero-order valence-corrected chi connectivity index (χ0v) is 22.9. The van der Waals surface area contributed by atoms with Gasteiger partial charge in [-0.15, -0.1) is 0 Å². The van der Waals surface area contributed by atoms with Crippen molar-refractivity contribution in [3.8, 4) is 11.3 Å². The van der Waals surface area contributed by atoms with Gasteiger partial charge in [-0.2, -0.15) is 5.10 Å². The van der Waals surface area contributed by atoms with E-state index in [0.29, 0.717) is 31.8 Å². The highest BCUT2D eigenvalue weighted by Gasteiger charge is 2.43. The van der Waals surface area contributed by atoms with Gasteiger partial charge < -0.3 is 14.2 Å². The number of fused-ring (bicyclic) bond motifs is 1. The number of nitrogens with zero attached hydrogens (tertiary/aromatic N) is 5. The van der Waals surface area contributed by atoms with E-state index in [2.05, 4.69) is 33.0 Å². The van der Waals surface area contributed by atoms with Crippen LogP contribution >= 0.6 is 15.9 Å². The minimum Gasteiger partial charge on any atom is -0.466 e. The first-order valence-electron chi connectivity index (χ1n) is 12.9. The smallest absolute Gasteiger partial charge is 0.305 e. The maximum Gasteiger partial charge on any atom is 0.305 e. The summed E-state index contributed by atoms with van der Waals surface area (Å²) in [5.74, 6) is -0.274. The van der Waals surface area contributed by atoms with E-state index in [1.54, 1.807) is 24.1 Å². The molecule has 3 heterocycles. The number of aryl methyl sites for hydroxylation is 2. The number of imidazole rings is 1. The summed E-state index contributed by atoms with van der Waals surface area (Å²) < 4.78 is 9.89. The Morgan fingerprint density at radius 1 is 1.03 bits per heavy atom. The van der Waals surface area contributed by atoms with Gasteiger partial charge in [0.05, 0.1) is 24.7 Å². The van der Waals surface area contributed by atoms with Gasteiger partial charge in [-0.05, 0) is 37.5 Å². The zero-order valence-electron chi connectivity index (χ0n) is 21.3. The van der Waals surface area contributed by atoms with Crippen LogP contribution in [0.2, 0.25) is 0 Å².